The van der Waals surface area contributed by atoms with Crippen LogP contribution in [0.1, 0.15) is 39.2 Å². The van der Waals surface area contributed by atoms with Crippen molar-refractivity contribution in [2.45, 2.75) is 52.2 Å². The van der Waals surface area contributed by atoms with E-state index in [1.54, 1.807) is 13.0 Å². The van der Waals surface area contributed by atoms with Gasteiger partial charge in [-0.3, -0.25) is 9.59 Å². The van der Waals surface area contributed by atoms with Crippen LogP contribution in [0.2, 0.25) is 0 Å². The Kier molecular flexibility index (Phi) is 8.14. The van der Waals surface area contributed by atoms with Gasteiger partial charge in [-0.05, 0) is 37.7 Å². The first kappa shape index (κ1) is 22.8. The number of hydrogen-bond acceptors (Lipinski definition) is 5. The van der Waals surface area contributed by atoms with Gasteiger partial charge in [0.25, 0.3) is 0 Å². The molecule has 5 atom stereocenters. The Morgan fingerprint density at radius 2 is 1.90 bits per heavy atom. The SMILES string of the molecule is C=C[C@@H](C)CC[C@@H](O)[C@H](C)C(=O)[C@@H](C)C(=O)N1C(=O)OC[C@H]1Cc1ccccc1. The molecule has 1 aliphatic rings. The normalized spacial score (nSPS) is 20.5. The van der Waals surface area contributed by atoms with Crippen molar-refractivity contribution in [3.05, 3.63) is 48.6 Å². The third kappa shape index (κ3) is 5.76. The molecule has 2 rings (SSSR count). The van der Waals surface area contributed by atoms with Crippen molar-refractivity contribution in [1.82, 2.24) is 4.90 Å². The number of nitrogens with zero attached hydrogens (tertiary/aromatic N) is 1. The van der Waals surface area contributed by atoms with Gasteiger partial charge >= 0.3 is 6.09 Å². The van der Waals surface area contributed by atoms with E-state index in [4.69, 9.17) is 4.74 Å². The van der Waals surface area contributed by atoms with E-state index in [0.717, 1.165) is 10.5 Å². The Morgan fingerprint density at radius 1 is 1.24 bits per heavy atom. The first-order valence-corrected chi connectivity index (χ1v) is 10.1. The van der Waals surface area contributed by atoms with Crippen molar-refractivity contribution in [2.24, 2.45) is 17.8 Å². The third-order valence-corrected chi connectivity index (χ3v) is 5.66. The van der Waals surface area contributed by atoms with Gasteiger partial charge in [0.15, 0.2) is 0 Å². The molecule has 1 aromatic rings. The quantitative estimate of drug-likeness (QED) is 0.480. The summed E-state index contributed by atoms with van der Waals surface area (Å²) in [7, 11) is 0. The van der Waals surface area contributed by atoms with E-state index in [1.807, 2.05) is 37.3 Å². The second-order valence-corrected chi connectivity index (χ2v) is 7.90. The Bertz CT molecular complexity index is 732. The average Bonchev–Trinajstić information content (AvgIpc) is 3.09. The van der Waals surface area contributed by atoms with Crippen LogP contribution in [-0.4, -0.2) is 46.5 Å². The highest BCUT2D eigenvalue weighted by Crippen LogP contribution is 2.23. The van der Waals surface area contributed by atoms with Crippen LogP contribution in [-0.2, 0) is 20.7 Å². The van der Waals surface area contributed by atoms with Crippen molar-refractivity contribution >= 4 is 17.8 Å². The number of rotatable bonds is 10. The fraction of sp³-hybridized carbons (Fsp3) is 0.522. The number of allylic oxidation sites excluding steroid dienone is 1. The van der Waals surface area contributed by atoms with Gasteiger partial charge in [-0.15, -0.1) is 6.58 Å². The molecule has 29 heavy (non-hydrogen) atoms. The zero-order valence-electron chi connectivity index (χ0n) is 17.4. The molecular formula is C23H31NO5. The van der Waals surface area contributed by atoms with Gasteiger partial charge in [0.2, 0.25) is 5.91 Å². The highest BCUT2D eigenvalue weighted by molar-refractivity contribution is 6.07. The smallest absolute Gasteiger partial charge is 0.417 e. The molecule has 0 radical (unpaired) electrons. The van der Waals surface area contributed by atoms with Gasteiger partial charge < -0.3 is 9.84 Å². The predicted molar refractivity (Wildman–Crippen MR) is 110 cm³/mol. The summed E-state index contributed by atoms with van der Waals surface area (Å²) in [5, 5.41) is 10.4. The van der Waals surface area contributed by atoms with Crippen molar-refractivity contribution in [3.63, 3.8) is 0 Å². The number of ketones is 1. The Balaban J connectivity index is 2.03. The van der Waals surface area contributed by atoms with Gasteiger partial charge in [-0.1, -0.05) is 50.3 Å². The van der Waals surface area contributed by atoms with Crippen molar-refractivity contribution < 1.29 is 24.2 Å². The molecule has 1 N–H and O–H groups in total. The molecule has 1 aromatic carbocycles. The molecule has 0 unspecified atom stereocenters. The van der Waals surface area contributed by atoms with E-state index in [1.165, 1.54) is 6.92 Å². The molecule has 1 fully saturated rings. The summed E-state index contributed by atoms with van der Waals surface area (Å²) in [5.74, 6) is -2.43. The lowest BCUT2D eigenvalue weighted by Crippen LogP contribution is -2.46. The van der Waals surface area contributed by atoms with Gasteiger partial charge in [-0.25, -0.2) is 9.69 Å². The van der Waals surface area contributed by atoms with Gasteiger partial charge in [-0.2, -0.15) is 0 Å². The molecule has 0 aromatic heterocycles. The lowest BCUT2D eigenvalue weighted by Gasteiger charge is -2.25. The van der Waals surface area contributed by atoms with E-state index in [0.29, 0.717) is 19.3 Å². The molecule has 0 spiro atoms. The second-order valence-electron chi connectivity index (χ2n) is 7.90. The van der Waals surface area contributed by atoms with Gasteiger partial charge in [0, 0.05) is 5.92 Å². The molecule has 158 valence electrons. The summed E-state index contributed by atoms with van der Waals surface area (Å²) in [4.78, 5) is 39.0. The molecule has 1 heterocycles. The van der Waals surface area contributed by atoms with Crippen molar-refractivity contribution in [1.29, 1.82) is 0 Å². The van der Waals surface area contributed by atoms with Crippen LogP contribution in [0.15, 0.2) is 43.0 Å². The standard InChI is InChI=1S/C23H31NO5/c1-5-15(2)11-12-20(25)16(3)21(26)17(4)22(27)24-19(14-29-23(24)28)13-18-9-7-6-8-10-18/h5-10,15-17,19-20,25H,1,11-14H2,2-4H3/t15-,16+,17-,19-,20-/m1/s1. The van der Waals surface area contributed by atoms with Gasteiger partial charge in [0.05, 0.1) is 18.1 Å². The van der Waals surface area contributed by atoms with Crippen molar-refractivity contribution in [3.8, 4) is 0 Å². The first-order chi connectivity index (χ1) is 13.8. The zero-order chi connectivity index (χ0) is 21.6. The van der Waals surface area contributed by atoms with Crippen LogP contribution in [0.5, 0.6) is 0 Å². The first-order valence-electron chi connectivity index (χ1n) is 10.1. The number of cyclic esters (lactones) is 1. The van der Waals surface area contributed by atoms with Crippen LogP contribution in [0, 0.1) is 17.8 Å². The van der Waals surface area contributed by atoms with E-state index in [-0.39, 0.29) is 18.3 Å². The minimum atomic E-state index is -1.03. The lowest BCUT2D eigenvalue weighted by atomic mass is 9.87. The predicted octanol–water partition coefficient (Wildman–Crippen LogP) is 3.38. The maximum absolute atomic E-state index is 12.9. The second kappa shape index (κ2) is 10.3. The molecule has 2 amide bonds. The number of benzene rings is 1. The average molecular weight is 402 g/mol. The molecule has 0 saturated carbocycles. The molecule has 0 bridgehead atoms. The van der Waals surface area contributed by atoms with Crippen LogP contribution in [0.3, 0.4) is 0 Å². The van der Waals surface area contributed by atoms with E-state index < -0.39 is 36.0 Å². The topological polar surface area (TPSA) is 83.9 Å². The maximum atomic E-state index is 12.9. The number of Topliss-reactive ketones (excluding diaryl/α,β-unsaturated/α-hetero) is 1. The summed E-state index contributed by atoms with van der Waals surface area (Å²) >= 11 is 0. The Hall–Kier alpha value is -2.47. The largest absolute Gasteiger partial charge is 0.447 e. The molecule has 6 nitrogen and oxygen atoms in total. The number of amides is 2. The van der Waals surface area contributed by atoms with E-state index in [2.05, 4.69) is 6.58 Å². The van der Waals surface area contributed by atoms with Crippen LogP contribution < -0.4 is 0 Å². The highest BCUT2D eigenvalue weighted by atomic mass is 16.6. The summed E-state index contributed by atoms with van der Waals surface area (Å²) in [6.45, 7) is 8.93. The molecule has 0 aliphatic carbocycles. The maximum Gasteiger partial charge on any atom is 0.417 e. The lowest BCUT2D eigenvalue weighted by molar-refractivity contribution is -0.142. The Labute approximate surface area is 172 Å². The van der Waals surface area contributed by atoms with Crippen LogP contribution in [0.4, 0.5) is 4.79 Å². The van der Waals surface area contributed by atoms with Crippen molar-refractivity contribution in [2.75, 3.05) is 6.61 Å². The zero-order valence-corrected chi connectivity index (χ0v) is 17.4. The fourth-order valence-corrected chi connectivity index (χ4v) is 3.48. The summed E-state index contributed by atoms with van der Waals surface area (Å²) in [5.41, 5.74) is 0.979. The summed E-state index contributed by atoms with van der Waals surface area (Å²) < 4.78 is 5.08. The number of aliphatic hydroxyl groups excluding tert-OH is 1. The number of ether oxygens (including phenoxy) is 1. The summed E-state index contributed by atoms with van der Waals surface area (Å²) in [6.07, 6.45) is 1.87. The number of hydrogen-bond donors (Lipinski definition) is 1. The molecule has 6 heteroatoms. The minimum Gasteiger partial charge on any atom is -0.447 e. The van der Waals surface area contributed by atoms with E-state index >= 15 is 0 Å². The van der Waals surface area contributed by atoms with Crippen LogP contribution >= 0.6 is 0 Å². The number of aliphatic hydroxyl groups is 1. The monoisotopic (exact) mass is 401 g/mol. The van der Waals surface area contributed by atoms with Crippen LogP contribution in [0.25, 0.3) is 0 Å². The number of carbonyl (C=O) groups is 3. The van der Waals surface area contributed by atoms with E-state index in [9.17, 15) is 19.5 Å². The molecular weight excluding hydrogens is 370 g/mol. The summed E-state index contributed by atoms with van der Waals surface area (Å²) in [6, 6.07) is 9.07. The molecule has 1 aliphatic heterocycles. The highest BCUT2D eigenvalue weighted by Gasteiger charge is 2.42. The third-order valence-electron chi connectivity index (χ3n) is 5.66. The number of carbonyl (C=O) groups excluding carboxylic acids is 3. The fourth-order valence-electron chi connectivity index (χ4n) is 3.48. The van der Waals surface area contributed by atoms with Gasteiger partial charge in [0.1, 0.15) is 12.4 Å². The minimum absolute atomic E-state index is 0.109. The Morgan fingerprint density at radius 3 is 2.52 bits per heavy atom. The molecule has 1 saturated heterocycles. The number of imide groups is 1.